The van der Waals surface area contributed by atoms with Crippen molar-refractivity contribution in [3.8, 4) is 0 Å². The molecule has 0 aliphatic carbocycles. The third-order valence-electron chi connectivity index (χ3n) is 2.92. The van der Waals surface area contributed by atoms with Gasteiger partial charge in [0.15, 0.2) is 0 Å². The summed E-state index contributed by atoms with van der Waals surface area (Å²) in [4.78, 5) is 26.8. The van der Waals surface area contributed by atoms with Gasteiger partial charge in [-0.15, -0.1) is 11.3 Å². The molecule has 6 nitrogen and oxygen atoms in total. The highest BCUT2D eigenvalue weighted by Gasteiger charge is 2.16. The molecule has 3 heterocycles. The van der Waals surface area contributed by atoms with E-state index in [0.29, 0.717) is 25.6 Å². The molecule has 0 fully saturated rings. The van der Waals surface area contributed by atoms with E-state index in [4.69, 9.17) is 23.2 Å². The van der Waals surface area contributed by atoms with Gasteiger partial charge in [0.2, 0.25) is 5.91 Å². The molecule has 120 valence electrons. The Morgan fingerprint density at radius 3 is 2.78 bits per heavy atom. The molecule has 0 radical (unpaired) electrons. The fourth-order valence-electron chi connectivity index (χ4n) is 1.90. The molecule has 10 heteroatoms. The average Bonchev–Trinajstić information content (AvgIpc) is 3.16. The average molecular weight is 389 g/mol. The van der Waals surface area contributed by atoms with Crippen LogP contribution in [0.15, 0.2) is 12.1 Å². The number of rotatable bonds is 4. The molecule has 3 aromatic rings. The highest BCUT2D eigenvalue weighted by molar-refractivity contribution is 7.23. The molecular weight excluding hydrogens is 379 g/mol. The van der Waals surface area contributed by atoms with Crippen LogP contribution in [0.25, 0.3) is 10.2 Å². The van der Waals surface area contributed by atoms with Gasteiger partial charge in [-0.1, -0.05) is 23.2 Å². The molecule has 2 amide bonds. The van der Waals surface area contributed by atoms with E-state index in [1.54, 1.807) is 12.1 Å². The van der Waals surface area contributed by atoms with Crippen LogP contribution in [0.5, 0.6) is 0 Å². The number of thiophene rings is 1. The first-order valence-electron chi connectivity index (χ1n) is 6.42. The second-order valence-corrected chi connectivity index (χ2v) is 7.51. The molecule has 0 spiro atoms. The van der Waals surface area contributed by atoms with Crippen molar-refractivity contribution in [3.63, 3.8) is 0 Å². The minimum atomic E-state index is -0.392. The van der Waals surface area contributed by atoms with Gasteiger partial charge in [0, 0.05) is 0 Å². The zero-order valence-electron chi connectivity index (χ0n) is 11.7. The summed E-state index contributed by atoms with van der Waals surface area (Å²) in [5, 5.41) is 6.24. The van der Waals surface area contributed by atoms with Crippen LogP contribution in [-0.4, -0.2) is 27.7 Å². The van der Waals surface area contributed by atoms with Gasteiger partial charge in [-0.2, -0.15) is 4.37 Å². The van der Waals surface area contributed by atoms with Crippen molar-refractivity contribution in [1.29, 1.82) is 0 Å². The minimum Gasteiger partial charge on any atom is -0.349 e. The number of fused-ring (bicyclic) bond motifs is 1. The second-order valence-electron chi connectivity index (χ2n) is 4.68. The van der Waals surface area contributed by atoms with E-state index in [1.807, 2.05) is 6.92 Å². The summed E-state index contributed by atoms with van der Waals surface area (Å²) in [7, 11) is 0. The van der Waals surface area contributed by atoms with Gasteiger partial charge >= 0.3 is 0 Å². The van der Waals surface area contributed by atoms with Gasteiger partial charge in [0.25, 0.3) is 5.91 Å². The molecule has 3 aromatic heterocycles. The number of aryl methyl sites for hydroxylation is 1. The lowest BCUT2D eigenvalue weighted by Crippen LogP contribution is -2.32. The monoisotopic (exact) mass is 388 g/mol. The molecule has 0 aliphatic heterocycles. The Kier molecular flexibility index (Phi) is 4.58. The van der Waals surface area contributed by atoms with Crippen molar-refractivity contribution < 1.29 is 9.59 Å². The summed E-state index contributed by atoms with van der Waals surface area (Å²) >= 11 is 14.4. The van der Waals surface area contributed by atoms with Crippen LogP contribution in [0.1, 0.15) is 16.2 Å². The van der Waals surface area contributed by atoms with Gasteiger partial charge in [-0.05, 0) is 30.6 Å². The molecular formula is C13H10Cl2N4O2S2. The van der Waals surface area contributed by atoms with Crippen molar-refractivity contribution in [3.05, 3.63) is 32.9 Å². The molecule has 0 aliphatic rings. The number of amides is 2. The Labute approximate surface area is 149 Å². The second kappa shape index (κ2) is 6.48. The van der Waals surface area contributed by atoms with E-state index in [-0.39, 0.29) is 12.5 Å². The first kappa shape index (κ1) is 16.3. The highest BCUT2D eigenvalue weighted by atomic mass is 35.5. The summed E-state index contributed by atoms with van der Waals surface area (Å²) < 4.78 is 5.32. The van der Waals surface area contributed by atoms with Crippen molar-refractivity contribution in [1.82, 2.24) is 14.7 Å². The van der Waals surface area contributed by atoms with Gasteiger partial charge in [0.05, 0.1) is 27.5 Å². The number of carbonyl (C=O) groups excluding carboxylic acids is 2. The van der Waals surface area contributed by atoms with Gasteiger partial charge in [-0.3, -0.25) is 9.59 Å². The number of hydrogen-bond acceptors (Lipinski definition) is 5. The number of carbonyl (C=O) groups is 2. The molecule has 0 unspecified atom stereocenters. The number of hydrogen-bond donors (Lipinski definition) is 3. The number of aromatic nitrogens is 2. The van der Waals surface area contributed by atoms with Gasteiger partial charge in [0.1, 0.15) is 15.0 Å². The Balaban J connectivity index is 1.60. The topological polar surface area (TPSA) is 86.9 Å². The molecule has 0 saturated carbocycles. The standard InChI is InChI=1S/C13H10Cl2N4O2S2/c1-5-2-9(23-19-5)18-8(20)4-16-13(21)6-3-7-11(17-6)10(14)12(15)22-7/h2-3,17H,4H2,1H3,(H,16,21)(H,18,20). The first-order chi connectivity index (χ1) is 10.9. The van der Waals surface area contributed by atoms with Crippen LogP contribution in [0.4, 0.5) is 5.00 Å². The van der Waals surface area contributed by atoms with Crippen LogP contribution in [-0.2, 0) is 4.79 Å². The van der Waals surface area contributed by atoms with Crippen LogP contribution in [0.2, 0.25) is 9.36 Å². The van der Waals surface area contributed by atoms with Crippen LogP contribution < -0.4 is 10.6 Å². The smallest absolute Gasteiger partial charge is 0.268 e. The Morgan fingerprint density at radius 1 is 1.35 bits per heavy atom. The molecule has 3 N–H and O–H groups in total. The third kappa shape index (κ3) is 3.50. The van der Waals surface area contributed by atoms with Crippen LogP contribution in [0, 0.1) is 6.92 Å². The molecule has 23 heavy (non-hydrogen) atoms. The van der Waals surface area contributed by atoms with E-state index < -0.39 is 5.91 Å². The summed E-state index contributed by atoms with van der Waals surface area (Å²) in [6, 6.07) is 3.41. The first-order valence-corrected chi connectivity index (χ1v) is 8.76. The lowest BCUT2D eigenvalue weighted by molar-refractivity contribution is -0.115. The molecule has 0 aromatic carbocycles. The van der Waals surface area contributed by atoms with Gasteiger partial charge < -0.3 is 15.6 Å². The molecule has 0 saturated heterocycles. The Bertz CT molecular complexity index is 899. The number of nitrogens with zero attached hydrogens (tertiary/aromatic N) is 1. The maximum atomic E-state index is 12.1. The zero-order chi connectivity index (χ0) is 16.6. The fourth-order valence-corrected chi connectivity index (χ4v) is 4.06. The van der Waals surface area contributed by atoms with E-state index in [1.165, 1.54) is 22.9 Å². The normalized spacial score (nSPS) is 10.9. The Hall–Kier alpha value is -1.61. The predicted octanol–water partition coefficient (Wildman–Crippen LogP) is 3.67. The lowest BCUT2D eigenvalue weighted by Gasteiger charge is -2.03. The zero-order valence-corrected chi connectivity index (χ0v) is 14.8. The van der Waals surface area contributed by atoms with Crippen LogP contribution in [0.3, 0.4) is 0 Å². The lowest BCUT2D eigenvalue weighted by atomic mass is 10.4. The summed E-state index contributed by atoms with van der Waals surface area (Å²) in [5.41, 5.74) is 1.78. The highest BCUT2D eigenvalue weighted by Crippen LogP contribution is 2.38. The maximum absolute atomic E-state index is 12.1. The number of halogens is 2. The SMILES string of the molecule is Cc1cc(NC(=O)CNC(=O)c2cc3sc(Cl)c(Cl)c3[nH]2)sn1. The quantitative estimate of drug-likeness (QED) is 0.636. The van der Waals surface area contributed by atoms with Crippen molar-refractivity contribution >= 4 is 73.1 Å². The minimum absolute atomic E-state index is 0.142. The summed E-state index contributed by atoms with van der Waals surface area (Å²) in [6.07, 6.45) is 0. The Morgan fingerprint density at radius 2 is 2.13 bits per heavy atom. The van der Waals surface area contributed by atoms with E-state index >= 15 is 0 Å². The fraction of sp³-hybridized carbons (Fsp3) is 0.154. The summed E-state index contributed by atoms with van der Waals surface area (Å²) in [6.45, 7) is 1.69. The van der Waals surface area contributed by atoms with E-state index in [9.17, 15) is 9.59 Å². The number of aromatic amines is 1. The number of nitrogens with one attached hydrogen (secondary N) is 3. The van der Waals surface area contributed by atoms with E-state index in [2.05, 4.69) is 20.0 Å². The van der Waals surface area contributed by atoms with Crippen LogP contribution >= 0.6 is 46.1 Å². The van der Waals surface area contributed by atoms with Crippen molar-refractivity contribution in [2.75, 3.05) is 11.9 Å². The van der Waals surface area contributed by atoms with Crippen molar-refractivity contribution in [2.45, 2.75) is 6.92 Å². The predicted molar refractivity (Wildman–Crippen MR) is 94.0 cm³/mol. The number of anilines is 1. The summed E-state index contributed by atoms with van der Waals surface area (Å²) in [5.74, 6) is -0.715. The maximum Gasteiger partial charge on any atom is 0.268 e. The largest absolute Gasteiger partial charge is 0.349 e. The number of H-pyrrole nitrogens is 1. The third-order valence-corrected chi connectivity index (χ3v) is 5.65. The van der Waals surface area contributed by atoms with E-state index in [0.717, 1.165) is 10.4 Å². The molecule has 3 rings (SSSR count). The van der Waals surface area contributed by atoms with Gasteiger partial charge in [-0.25, -0.2) is 0 Å². The van der Waals surface area contributed by atoms with Crippen molar-refractivity contribution in [2.24, 2.45) is 0 Å². The molecule has 0 atom stereocenters. The molecule has 0 bridgehead atoms.